The Labute approximate surface area is 140 Å². The lowest BCUT2D eigenvalue weighted by Gasteiger charge is -2.18. The molecule has 2 aromatic carbocycles. The SMILES string of the molecule is N[C@H]1CCN(C(=O)c2cc(-c3ccccc3)nc3ccccc23)C1. The molecule has 24 heavy (non-hydrogen) atoms. The fourth-order valence-corrected chi connectivity index (χ4v) is 3.25. The Morgan fingerprint density at radius 1 is 1.08 bits per heavy atom. The van der Waals surface area contributed by atoms with Crippen molar-refractivity contribution in [3.63, 3.8) is 0 Å². The molecule has 4 heteroatoms. The van der Waals surface area contributed by atoms with Gasteiger partial charge in [0.05, 0.1) is 16.8 Å². The topological polar surface area (TPSA) is 59.2 Å². The largest absolute Gasteiger partial charge is 0.337 e. The summed E-state index contributed by atoms with van der Waals surface area (Å²) in [4.78, 5) is 19.6. The molecule has 4 nitrogen and oxygen atoms in total. The van der Waals surface area contributed by atoms with Gasteiger partial charge in [0.2, 0.25) is 0 Å². The average Bonchev–Trinajstić information content (AvgIpc) is 3.07. The number of hydrogen-bond acceptors (Lipinski definition) is 3. The van der Waals surface area contributed by atoms with Crippen molar-refractivity contribution < 1.29 is 4.79 Å². The van der Waals surface area contributed by atoms with E-state index in [0.717, 1.165) is 35.1 Å². The highest BCUT2D eigenvalue weighted by Crippen LogP contribution is 2.26. The van der Waals surface area contributed by atoms with Gasteiger partial charge < -0.3 is 10.6 Å². The fraction of sp³-hybridized carbons (Fsp3) is 0.200. The molecule has 1 aliphatic rings. The number of nitrogens with zero attached hydrogens (tertiary/aromatic N) is 2. The molecule has 1 atom stereocenters. The van der Waals surface area contributed by atoms with Crippen LogP contribution in [-0.2, 0) is 0 Å². The van der Waals surface area contributed by atoms with Crippen LogP contribution in [0.15, 0.2) is 60.7 Å². The number of likely N-dealkylation sites (tertiary alicyclic amines) is 1. The van der Waals surface area contributed by atoms with Crippen LogP contribution >= 0.6 is 0 Å². The van der Waals surface area contributed by atoms with E-state index in [-0.39, 0.29) is 11.9 Å². The second-order valence-corrected chi connectivity index (χ2v) is 6.24. The summed E-state index contributed by atoms with van der Waals surface area (Å²) < 4.78 is 0. The van der Waals surface area contributed by atoms with Crippen molar-refractivity contribution >= 4 is 16.8 Å². The number of pyridine rings is 1. The lowest BCUT2D eigenvalue weighted by molar-refractivity contribution is 0.0793. The van der Waals surface area contributed by atoms with Crippen molar-refractivity contribution in [2.24, 2.45) is 5.73 Å². The third-order valence-corrected chi connectivity index (χ3v) is 4.53. The van der Waals surface area contributed by atoms with Gasteiger partial charge in [0.25, 0.3) is 5.91 Å². The Bertz CT molecular complexity index is 892. The lowest BCUT2D eigenvalue weighted by Crippen LogP contribution is -2.32. The minimum Gasteiger partial charge on any atom is -0.337 e. The summed E-state index contributed by atoms with van der Waals surface area (Å²) in [5.41, 5.74) is 9.34. The van der Waals surface area contributed by atoms with Crippen molar-refractivity contribution in [3.8, 4) is 11.3 Å². The molecule has 1 fully saturated rings. The van der Waals surface area contributed by atoms with Crippen molar-refractivity contribution in [2.75, 3.05) is 13.1 Å². The third kappa shape index (κ3) is 2.65. The highest BCUT2D eigenvalue weighted by molar-refractivity contribution is 6.07. The van der Waals surface area contributed by atoms with Crippen molar-refractivity contribution in [1.29, 1.82) is 0 Å². The number of aromatic nitrogens is 1. The monoisotopic (exact) mass is 317 g/mol. The number of benzene rings is 2. The lowest BCUT2D eigenvalue weighted by atomic mass is 10.0. The first-order chi connectivity index (χ1) is 11.7. The van der Waals surface area contributed by atoms with E-state index in [2.05, 4.69) is 0 Å². The first-order valence-electron chi connectivity index (χ1n) is 8.22. The maximum absolute atomic E-state index is 13.0. The van der Waals surface area contributed by atoms with E-state index in [1.807, 2.05) is 65.6 Å². The molecule has 0 aliphatic carbocycles. The molecule has 0 saturated carbocycles. The smallest absolute Gasteiger partial charge is 0.254 e. The van der Waals surface area contributed by atoms with Crippen molar-refractivity contribution in [3.05, 3.63) is 66.2 Å². The molecular weight excluding hydrogens is 298 g/mol. The Kier molecular flexibility index (Phi) is 3.75. The highest BCUT2D eigenvalue weighted by atomic mass is 16.2. The van der Waals surface area contributed by atoms with Gasteiger partial charge in [-0.2, -0.15) is 0 Å². The van der Waals surface area contributed by atoms with E-state index >= 15 is 0 Å². The molecule has 120 valence electrons. The minimum atomic E-state index is 0.0405. The van der Waals surface area contributed by atoms with Crippen molar-refractivity contribution in [2.45, 2.75) is 12.5 Å². The molecule has 1 aliphatic heterocycles. The zero-order valence-corrected chi connectivity index (χ0v) is 13.4. The van der Waals surface area contributed by atoms with Crippen LogP contribution < -0.4 is 5.73 Å². The van der Waals surface area contributed by atoms with Crippen LogP contribution in [0.2, 0.25) is 0 Å². The van der Waals surface area contributed by atoms with E-state index in [9.17, 15) is 4.79 Å². The molecule has 1 saturated heterocycles. The normalized spacial score (nSPS) is 17.4. The maximum Gasteiger partial charge on any atom is 0.254 e. The van der Waals surface area contributed by atoms with Crippen LogP contribution in [0, 0.1) is 0 Å². The Morgan fingerprint density at radius 2 is 1.83 bits per heavy atom. The van der Waals surface area contributed by atoms with Gasteiger partial charge in [-0.1, -0.05) is 48.5 Å². The fourth-order valence-electron chi connectivity index (χ4n) is 3.25. The highest BCUT2D eigenvalue weighted by Gasteiger charge is 2.26. The van der Waals surface area contributed by atoms with E-state index in [0.29, 0.717) is 12.1 Å². The summed E-state index contributed by atoms with van der Waals surface area (Å²) in [6.07, 6.45) is 0.861. The van der Waals surface area contributed by atoms with Gasteiger partial charge >= 0.3 is 0 Å². The second-order valence-electron chi connectivity index (χ2n) is 6.24. The number of carbonyl (C=O) groups excluding carboxylic acids is 1. The number of hydrogen-bond donors (Lipinski definition) is 1. The maximum atomic E-state index is 13.0. The van der Waals surface area contributed by atoms with Crippen LogP contribution in [-0.4, -0.2) is 34.9 Å². The number of fused-ring (bicyclic) bond motifs is 1. The molecule has 1 amide bonds. The van der Waals surface area contributed by atoms with E-state index < -0.39 is 0 Å². The second kappa shape index (κ2) is 6.06. The van der Waals surface area contributed by atoms with Crippen LogP contribution in [0.5, 0.6) is 0 Å². The molecule has 0 unspecified atom stereocenters. The van der Waals surface area contributed by atoms with Gasteiger partial charge in [-0.25, -0.2) is 4.98 Å². The summed E-state index contributed by atoms with van der Waals surface area (Å²) in [7, 11) is 0. The average molecular weight is 317 g/mol. The molecular formula is C20H19N3O. The number of nitrogens with two attached hydrogens (primary N) is 1. The zero-order valence-electron chi connectivity index (χ0n) is 13.4. The van der Waals surface area contributed by atoms with Crippen LogP contribution in [0.4, 0.5) is 0 Å². The third-order valence-electron chi connectivity index (χ3n) is 4.53. The van der Waals surface area contributed by atoms with Gasteiger partial charge in [0, 0.05) is 30.1 Å². The zero-order chi connectivity index (χ0) is 16.5. The quantitative estimate of drug-likeness (QED) is 0.790. The summed E-state index contributed by atoms with van der Waals surface area (Å²) in [5.74, 6) is 0.0405. The molecule has 0 spiro atoms. The minimum absolute atomic E-state index is 0.0405. The molecule has 0 bridgehead atoms. The molecule has 0 radical (unpaired) electrons. The number of amides is 1. The predicted octanol–water partition coefficient (Wildman–Crippen LogP) is 3.08. The van der Waals surface area contributed by atoms with Gasteiger partial charge in [0.1, 0.15) is 0 Å². The standard InChI is InChI=1S/C20H19N3O/c21-15-10-11-23(13-15)20(24)17-12-19(14-6-2-1-3-7-14)22-18-9-5-4-8-16(17)18/h1-9,12,15H,10-11,13,21H2/t15-/m0/s1. The first kappa shape index (κ1) is 14.8. The predicted molar refractivity (Wildman–Crippen MR) is 95.7 cm³/mol. The van der Waals surface area contributed by atoms with E-state index in [4.69, 9.17) is 10.7 Å². The molecule has 3 aromatic rings. The summed E-state index contributed by atoms with van der Waals surface area (Å²) >= 11 is 0. The summed E-state index contributed by atoms with van der Waals surface area (Å²) in [6.45, 7) is 1.34. The molecule has 2 N–H and O–H groups in total. The Balaban J connectivity index is 1.85. The number of carbonyl (C=O) groups is 1. The Morgan fingerprint density at radius 3 is 2.58 bits per heavy atom. The first-order valence-corrected chi connectivity index (χ1v) is 8.22. The summed E-state index contributed by atoms with van der Waals surface area (Å²) in [5, 5.41) is 0.891. The Hall–Kier alpha value is -2.72. The van der Waals surface area contributed by atoms with E-state index in [1.165, 1.54) is 0 Å². The molecule has 2 heterocycles. The molecule has 4 rings (SSSR count). The van der Waals surface area contributed by atoms with Gasteiger partial charge in [-0.3, -0.25) is 4.79 Å². The van der Waals surface area contributed by atoms with Gasteiger partial charge in [-0.05, 0) is 18.6 Å². The number of para-hydroxylation sites is 1. The van der Waals surface area contributed by atoms with Crippen LogP contribution in [0.25, 0.3) is 22.2 Å². The van der Waals surface area contributed by atoms with Gasteiger partial charge in [-0.15, -0.1) is 0 Å². The van der Waals surface area contributed by atoms with E-state index in [1.54, 1.807) is 0 Å². The van der Waals surface area contributed by atoms with Crippen molar-refractivity contribution in [1.82, 2.24) is 9.88 Å². The number of rotatable bonds is 2. The van der Waals surface area contributed by atoms with Crippen LogP contribution in [0.3, 0.4) is 0 Å². The van der Waals surface area contributed by atoms with Crippen LogP contribution in [0.1, 0.15) is 16.8 Å². The van der Waals surface area contributed by atoms with Gasteiger partial charge in [0.15, 0.2) is 0 Å². The molecule has 1 aromatic heterocycles. The summed E-state index contributed by atoms with van der Waals surface area (Å²) in [6, 6.07) is 19.7.